The highest BCUT2D eigenvalue weighted by Crippen LogP contribution is 2.27. The third-order valence-electron chi connectivity index (χ3n) is 3.28. The third kappa shape index (κ3) is 3.24. The summed E-state index contributed by atoms with van der Waals surface area (Å²) in [6.45, 7) is 8.37. The molecule has 0 aromatic carbocycles. The molecule has 2 heterocycles. The zero-order valence-corrected chi connectivity index (χ0v) is 13.3. The first-order chi connectivity index (χ1) is 9.81. The second-order valence-corrected chi connectivity index (χ2v) is 5.58. The van der Waals surface area contributed by atoms with E-state index in [-0.39, 0.29) is 6.04 Å². The Bertz CT molecular complexity index is 519. The van der Waals surface area contributed by atoms with Crippen molar-refractivity contribution in [3.05, 3.63) is 28.8 Å². The normalized spacial score (nSPS) is 12.8. The van der Waals surface area contributed by atoms with Crippen molar-refractivity contribution in [2.24, 2.45) is 0 Å². The molecular formula is C14H23N5S. The first-order valence-electron chi connectivity index (χ1n) is 7.37. The van der Waals surface area contributed by atoms with E-state index in [1.165, 1.54) is 16.4 Å². The van der Waals surface area contributed by atoms with Gasteiger partial charge in [0.05, 0.1) is 10.6 Å². The highest BCUT2D eigenvalue weighted by Gasteiger charge is 2.23. The molecule has 2 rings (SSSR count). The van der Waals surface area contributed by atoms with Crippen molar-refractivity contribution >= 4 is 11.5 Å². The maximum absolute atomic E-state index is 4.55. The van der Waals surface area contributed by atoms with Crippen LogP contribution in [-0.4, -0.2) is 25.7 Å². The van der Waals surface area contributed by atoms with Gasteiger partial charge in [-0.25, -0.2) is 4.98 Å². The predicted molar refractivity (Wildman–Crippen MR) is 81.9 cm³/mol. The summed E-state index contributed by atoms with van der Waals surface area (Å²) < 4.78 is 6.33. The Hall–Kier alpha value is -1.27. The van der Waals surface area contributed by atoms with Crippen LogP contribution in [0.15, 0.2) is 12.4 Å². The van der Waals surface area contributed by atoms with E-state index in [1.54, 1.807) is 0 Å². The molecule has 2 aromatic heterocycles. The maximum atomic E-state index is 4.55. The maximum Gasteiger partial charge on any atom is 0.131 e. The van der Waals surface area contributed by atoms with Gasteiger partial charge in [-0.15, -0.1) is 5.10 Å². The predicted octanol–water partition coefficient (Wildman–Crippen LogP) is 2.80. The molecule has 5 nitrogen and oxygen atoms in total. The molecule has 2 aromatic rings. The quantitative estimate of drug-likeness (QED) is 0.813. The molecule has 0 fully saturated rings. The van der Waals surface area contributed by atoms with E-state index < -0.39 is 0 Å². The van der Waals surface area contributed by atoms with E-state index in [9.17, 15) is 0 Å². The summed E-state index contributed by atoms with van der Waals surface area (Å²) in [5.41, 5.74) is 1.11. The van der Waals surface area contributed by atoms with Crippen LogP contribution in [0.3, 0.4) is 0 Å². The fourth-order valence-corrected chi connectivity index (χ4v) is 3.05. The summed E-state index contributed by atoms with van der Waals surface area (Å²) in [6, 6.07) is 0.103. The molecule has 0 bridgehead atoms. The number of rotatable bonds is 8. The topological polar surface area (TPSA) is 55.6 Å². The fraction of sp³-hybridized carbons (Fsp3) is 0.643. The van der Waals surface area contributed by atoms with Crippen molar-refractivity contribution < 1.29 is 0 Å². The highest BCUT2D eigenvalue weighted by molar-refractivity contribution is 7.05. The Morgan fingerprint density at radius 1 is 1.30 bits per heavy atom. The number of nitrogens with zero attached hydrogens (tertiary/aromatic N) is 4. The van der Waals surface area contributed by atoms with Gasteiger partial charge in [0.2, 0.25) is 0 Å². The van der Waals surface area contributed by atoms with Crippen molar-refractivity contribution in [1.29, 1.82) is 0 Å². The molecule has 0 radical (unpaired) electrons. The second kappa shape index (κ2) is 7.50. The summed E-state index contributed by atoms with van der Waals surface area (Å²) >= 11 is 1.49. The van der Waals surface area contributed by atoms with E-state index in [1.807, 2.05) is 12.4 Å². The number of aromatic nitrogens is 4. The molecule has 0 aliphatic rings. The first-order valence-corrected chi connectivity index (χ1v) is 8.14. The summed E-state index contributed by atoms with van der Waals surface area (Å²) in [5.74, 6) is 1.06. The first kappa shape index (κ1) is 15.1. The van der Waals surface area contributed by atoms with E-state index in [4.69, 9.17) is 0 Å². The van der Waals surface area contributed by atoms with Gasteiger partial charge in [0.25, 0.3) is 0 Å². The van der Waals surface area contributed by atoms with E-state index in [2.05, 4.69) is 45.2 Å². The summed E-state index contributed by atoms with van der Waals surface area (Å²) in [5, 5.41) is 7.89. The Kier molecular flexibility index (Phi) is 5.67. The third-order valence-corrected chi connectivity index (χ3v) is 4.11. The number of hydrogen-bond donors (Lipinski definition) is 1. The molecular weight excluding hydrogens is 270 g/mol. The van der Waals surface area contributed by atoms with Crippen LogP contribution < -0.4 is 5.32 Å². The van der Waals surface area contributed by atoms with Crippen LogP contribution in [0.1, 0.15) is 56.1 Å². The number of nitrogens with one attached hydrogen (secondary N) is 1. The molecule has 0 aliphatic heterocycles. The zero-order valence-electron chi connectivity index (χ0n) is 12.5. The number of hydrogen-bond acceptors (Lipinski definition) is 5. The van der Waals surface area contributed by atoms with Crippen LogP contribution >= 0.6 is 11.5 Å². The Morgan fingerprint density at radius 3 is 2.85 bits per heavy atom. The van der Waals surface area contributed by atoms with Crippen molar-refractivity contribution in [2.75, 3.05) is 6.54 Å². The van der Waals surface area contributed by atoms with Gasteiger partial charge >= 0.3 is 0 Å². The molecule has 1 N–H and O–H groups in total. The average Bonchev–Trinajstić information content (AvgIpc) is 3.09. The van der Waals surface area contributed by atoms with E-state index in [0.717, 1.165) is 43.9 Å². The molecule has 6 heteroatoms. The minimum absolute atomic E-state index is 0.103. The highest BCUT2D eigenvalue weighted by atomic mass is 32.1. The van der Waals surface area contributed by atoms with Gasteiger partial charge in [0.15, 0.2) is 0 Å². The van der Waals surface area contributed by atoms with E-state index in [0.29, 0.717) is 0 Å². The molecule has 1 unspecified atom stereocenters. The summed E-state index contributed by atoms with van der Waals surface area (Å²) in [4.78, 5) is 5.76. The van der Waals surface area contributed by atoms with Crippen LogP contribution in [-0.2, 0) is 13.0 Å². The number of aryl methyl sites for hydroxylation is 2. The van der Waals surface area contributed by atoms with Gasteiger partial charge in [-0.05, 0) is 37.8 Å². The molecule has 0 spiro atoms. The molecule has 110 valence electrons. The molecule has 1 atom stereocenters. The SMILES string of the molecule is CCCNC(c1snnc1CCC)c1nccn1CC. The van der Waals surface area contributed by atoms with Crippen molar-refractivity contribution in [2.45, 2.75) is 52.6 Å². The summed E-state index contributed by atoms with van der Waals surface area (Å²) in [7, 11) is 0. The molecule has 0 amide bonds. The fourth-order valence-electron chi connectivity index (χ4n) is 2.28. The van der Waals surface area contributed by atoms with Crippen LogP contribution in [0.25, 0.3) is 0 Å². The Balaban J connectivity index is 2.34. The lowest BCUT2D eigenvalue weighted by molar-refractivity contribution is 0.543. The van der Waals surface area contributed by atoms with Crippen LogP contribution in [0.5, 0.6) is 0 Å². The van der Waals surface area contributed by atoms with Gasteiger partial charge in [0, 0.05) is 18.9 Å². The minimum Gasteiger partial charge on any atom is -0.334 e. The number of imidazole rings is 1. The van der Waals surface area contributed by atoms with Gasteiger partial charge < -0.3 is 9.88 Å². The largest absolute Gasteiger partial charge is 0.334 e. The lowest BCUT2D eigenvalue weighted by atomic mass is 10.1. The lowest BCUT2D eigenvalue weighted by Crippen LogP contribution is -2.26. The Labute approximate surface area is 124 Å². The monoisotopic (exact) mass is 293 g/mol. The molecule has 20 heavy (non-hydrogen) atoms. The molecule has 0 saturated carbocycles. The average molecular weight is 293 g/mol. The van der Waals surface area contributed by atoms with Crippen molar-refractivity contribution in [1.82, 2.24) is 24.5 Å². The molecule has 0 saturated heterocycles. The standard InChI is InChI=1S/C14H23N5S/c1-4-7-11-13(20-18-17-11)12(15-8-5-2)14-16-9-10-19(14)6-3/h9-10,12,15H,4-8H2,1-3H3. The van der Waals surface area contributed by atoms with Gasteiger partial charge in [-0.3, -0.25) is 0 Å². The van der Waals surface area contributed by atoms with Crippen LogP contribution in [0.4, 0.5) is 0 Å². The van der Waals surface area contributed by atoms with Gasteiger partial charge in [-0.2, -0.15) is 0 Å². The van der Waals surface area contributed by atoms with Gasteiger partial charge in [-0.1, -0.05) is 24.8 Å². The van der Waals surface area contributed by atoms with Crippen molar-refractivity contribution in [3.63, 3.8) is 0 Å². The van der Waals surface area contributed by atoms with Gasteiger partial charge in [0.1, 0.15) is 11.9 Å². The van der Waals surface area contributed by atoms with Crippen molar-refractivity contribution in [3.8, 4) is 0 Å². The minimum atomic E-state index is 0.103. The zero-order chi connectivity index (χ0) is 14.4. The Morgan fingerprint density at radius 2 is 2.15 bits per heavy atom. The second-order valence-electron chi connectivity index (χ2n) is 4.79. The van der Waals surface area contributed by atoms with Crippen LogP contribution in [0, 0.1) is 0 Å². The van der Waals surface area contributed by atoms with Crippen LogP contribution in [0.2, 0.25) is 0 Å². The van der Waals surface area contributed by atoms with E-state index >= 15 is 0 Å². The smallest absolute Gasteiger partial charge is 0.131 e. The summed E-state index contributed by atoms with van der Waals surface area (Å²) in [6.07, 6.45) is 7.06. The molecule has 0 aliphatic carbocycles. The lowest BCUT2D eigenvalue weighted by Gasteiger charge is -2.18.